The average Bonchev–Trinajstić information content (AvgIpc) is 2.85. The average molecular weight is 491 g/mol. The van der Waals surface area contributed by atoms with E-state index in [1.165, 1.54) is 11.6 Å². The van der Waals surface area contributed by atoms with Gasteiger partial charge >= 0.3 is 6.03 Å². The molecule has 0 atom stereocenters. The van der Waals surface area contributed by atoms with E-state index >= 15 is 0 Å². The molecule has 0 aliphatic carbocycles. The van der Waals surface area contributed by atoms with Crippen molar-refractivity contribution in [1.29, 1.82) is 0 Å². The van der Waals surface area contributed by atoms with E-state index in [9.17, 15) is 24.6 Å². The van der Waals surface area contributed by atoms with Crippen LogP contribution in [0.25, 0.3) is 11.1 Å². The first-order valence-electron chi connectivity index (χ1n) is 11.6. The molecule has 3 amide bonds. The molecule has 36 heavy (non-hydrogen) atoms. The summed E-state index contributed by atoms with van der Waals surface area (Å²) in [6.45, 7) is 3.49. The Morgan fingerprint density at radius 2 is 1.86 bits per heavy atom. The molecule has 2 heterocycles. The van der Waals surface area contributed by atoms with E-state index in [0.717, 1.165) is 11.1 Å². The molecule has 0 fully saturated rings. The first-order valence-corrected chi connectivity index (χ1v) is 11.6. The highest BCUT2D eigenvalue weighted by atomic mass is 16.3. The van der Waals surface area contributed by atoms with E-state index in [-0.39, 0.29) is 23.8 Å². The molecule has 1 aliphatic heterocycles. The number of nitrogens with zero attached hydrogens (tertiary/aromatic N) is 2. The van der Waals surface area contributed by atoms with Gasteiger partial charge in [-0.3, -0.25) is 9.59 Å². The second-order valence-electron chi connectivity index (χ2n) is 9.36. The fourth-order valence-corrected chi connectivity index (χ4v) is 4.50. The number of benzene rings is 2. The lowest BCUT2D eigenvalue weighted by molar-refractivity contribution is 0.0783. The van der Waals surface area contributed by atoms with Crippen molar-refractivity contribution < 1.29 is 19.8 Å². The van der Waals surface area contributed by atoms with E-state index < -0.39 is 11.6 Å². The van der Waals surface area contributed by atoms with Crippen LogP contribution in [0, 0.1) is 0 Å². The van der Waals surface area contributed by atoms with Gasteiger partial charge in [0.2, 0.25) is 0 Å². The molecule has 0 bridgehead atoms. The molecule has 4 N–H and O–H groups in total. The maximum absolute atomic E-state index is 13.5. The molecule has 188 valence electrons. The van der Waals surface area contributed by atoms with Gasteiger partial charge in [0.05, 0.1) is 17.9 Å². The van der Waals surface area contributed by atoms with Crippen molar-refractivity contribution in [2.24, 2.45) is 7.05 Å². The first kappa shape index (κ1) is 25.2. The molecular weight excluding hydrogens is 460 g/mol. The van der Waals surface area contributed by atoms with Crippen molar-refractivity contribution in [2.75, 3.05) is 23.8 Å². The van der Waals surface area contributed by atoms with E-state index in [0.29, 0.717) is 40.9 Å². The molecule has 0 spiro atoms. The van der Waals surface area contributed by atoms with Crippen LogP contribution < -0.4 is 21.1 Å². The second-order valence-corrected chi connectivity index (χ2v) is 9.36. The molecule has 0 radical (unpaired) electrons. The lowest BCUT2D eigenvalue weighted by atomic mass is 9.90. The number of aryl methyl sites for hydroxylation is 1. The Balaban J connectivity index is 1.76. The van der Waals surface area contributed by atoms with E-state index in [1.807, 2.05) is 6.07 Å². The monoisotopic (exact) mass is 490 g/mol. The summed E-state index contributed by atoms with van der Waals surface area (Å²) in [6, 6.07) is 11.8. The molecule has 4 rings (SSSR count). The zero-order valence-electron chi connectivity index (χ0n) is 20.8. The third-order valence-electron chi connectivity index (χ3n) is 6.46. The number of hydrogen-bond donors (Lipinski definition) is 4. The van der Waals surface area contributed by atoms with Crippen LogP contribution in [0.2, 0.25) is 0 Å². The Labute approximate surface area is 209 Å². The van der Waals surface area contributed by atoms with Crippen LogP contribution in [0.5, 0.6) is 0 Å². The number of amides is 3. The van der Waals surface area contributed by atoms with Crippen LogP contribution in [0.4, 0.5) is 16.2 Å². The van der Waals surface area contributed by atoms with Crippen molar-refractivity contribution in [3.05, 3.63) is 81.3 Å². The fourth-order valence-electron chi connectivity index (χ4n) is 4.50. The normalized spacial score (nSPS) is 13.4. The quantitative estimate of drug-likeness (QED) is 0.438. The van der Waals surface area contributed by atoms with E-state index in [1.54, 1.807) is 68.4 Å². The summed E-state index contributed by atoms with van der Waals surface area (Å²) in [6.07, 6.45) is 2.22. The molecular formula is C27H30N4O5. The highest BCUT2D eigenvalue weighted by Crippen LogP contribution is 2.35. The van der Waals surface area contributed by atoms with Crippen molar-refractivity contribution in [1.82, 2.24) is 9.88 Å². The number of nitrogens with one attached hydrogen (secondary N) is 2. The Morgan fingerprint density at radius 3 is 2.53 bits per heavy atom. The van der Waals surface area contributed by atoms with Gasteiger partial charge in [0.15, 0.2) is 0 Å². The molecule has 3 aromatic rings. The van der Waals surface area contributed by atoms with Crippen LogP contribution in [0.3, 0.4) is 0 Å². The van der Waals surface area contributed by atoms with Gasteiger partial charge in [0.25, 0.3) is 11.5 Å². The van der Waals surface area contributed by atoms with Crippen LogP contribution >= 0.6 is 0 Å². The van der Waals surface area contributed by atoms with Crippen LogP contribution in [0.1, 0.15) is 40.9 Å². The SMILES string of the molecule is CNC(=O)Nc1cc(-c2cccc(N3CCc4cc(C(C)(C)O)ccc4C3=O)c2CO)cn(C)c1=O. The van der Waals surface area contributed by atoms with Crippen LogP contribution in [0.15, 0.2) is 53.5 Å². The van der Waals surface area contributed by atoms with Gasteiger partial charge in [0, 0.05) is 43.5 Å². The van der Waals surface area contributed by atoms with Gasteiger partial charge in [-0.25, -0.2) is 4.79 Å². The summed E-state index contributed by atoms with van der Waals surface area (Å²) in [5.41, 5.74) is 3.25. The number of rotatable bonds is 5. The highest BCUT2D eigenvalue weighted by Gasteiger charge is 2.29. The van der Waals surface area contributed by atoms with Crippen molar-refractivity contribution in [2.45, 2.75) is 32.5 Å². The van der Waals surface area contributed by atoms with E-state index in [4.69, 9.17) is 0 Å². The number of aliphatic hydroxyl groups is 2. The summed E-state index contributed by atoms with van der Waals surface area (Å²) in [5, 5.41) is 25.7. The number of hydrogen-bond acceptors (Lipinski definition) is 5. The number of carbonyl (C=O) groups is 2. The van der Waals surface area contributed by atoms with Crippen molar-refractivity contribution >= 4 is 23.3 Å². The molecule has 2 aromatic carbocycles. The summed E-state index contributed by atoms with van der Waals surface area (Å²) in [7, 11) is 3.03. The van der Waals surface area contributed by atoms with E-state index in [2.05, 4.69) is 10.6 Å². The smallest absolute Gasteiger partial charge is 0.319 e. The predicted molar refractivity (Wildman–Crippen MR) is 138 cm³/mol. The van der Waals surface area contributed by atoms with Gasteiger partial charge in [-0.2, -0.15) is 0 Å². The maximum atomic E-state index is 13.5. The number of fused-ring (bicyclic) bond motifs is 1. The Morgan fingerprint density at radius 1 is 1.11 bits per heavy atom. The largest absolute Gasteiger partial charge is 0.392 e. The number of aliphatic hydroxyl groups excluding tert-OH is 1. The maximum Gasteiger partial charge on any atom is 0.319 e. The number of aromatic nitrogens is 1. The van der Waals surface area contributed by atoms with Gasteiger partial charge in [-0.15, -0.1) is 0 Å². The van der Waals surface area contributed by atoms with Gasteiger partial charge < -0.3 is 30.3 Å². The molecule has 0 saturated carbocycles. The fraction of sp³-hybridized carbons (Fsp3) is 0.296. The predicted octanol–water partition coefficient (Wildman–Crippen LogP) is 2.73. The van der Waals surface area contributed by atoms with Gasteiger partial charge in [-0.1, -0.05) is 24.3 Å². The van der Waals surface area contributed by atoms with Crippen molar-refractivity contribution in [3.63, 3.8) is 0 Å². The topological polar surface area (TPSA) is 124 Å². The zero-order chi connectivity index (χ0) is 26.2. The highest BCUT2D eigenvalue weighted by molar-refractivity contribution is 6.09. The minimum Gasteiger partial charge on any atom is -0.392 e. The number of anilines is 2. The molecule has 9 heteroatoms. The lowest BCUT2D eigenvalue weighted by Crippen LogP contribution is -2.38. The summed E-state index contributed by atoms with van der Waals surface area (Å²) in [5.74, 6) is -0.187. The number of pyridine rings is 1. The third kappa shape index (κ3) is 4.62. The first-order chi connectivity index (χ1) is 17.0. The molecule has 1 aliphatic rings. The Kier molecular flexibility index (Phi) is 6.71. The number of carbonyl (C=O) groups excluding carboxylic acids is 2. The number of urea groups is 1. The minimum atomic E-state index is -1.01. The third-order valence-corrected chi connectivity index (χ3v) is 6.46. The zero-order valence-corrected chi connectivity index (χ0v) is 20.8. The molecule has 0 unspecified atom stereocenters. The molecule has 9 nitrogen and oxygen atoms in total. The Bertz CT molecular complexity index is 1400. The summed E-state index contributed by atoms with van der Waals surface area (Å²) >= 11 is 0. The minimum absolute atomic E-state index is 0.0919. The second kappa shape index (κ2) is 9.60. The van der Waals surface area contributed by atoms with Crippen LogP contribution in [-0.2, 0) is 25.7 Å². The summed E-state index contributed by atoms with van der Waals surface area (Å²) in [4.78, 5) is 39.5. The molecule has 0 saturated heterocycles. The molecule has 1 aromatic heterocycles. The Hall–Kier alpha value is -3.95. The van der Waals surface area contributed by atoms with Crippen molar-refractivity contribution in [3.8, 4) is 11.1 Å². The summed E-state index contributed by atoms with van der Waals surface area (Å²) < 4.78 is 1.36. The van der Waals surface area contributed by atoms with Crippen LogP contribution in [-0.4, -0.2) is 40.3 Å². The van der Waals surface area contributed by atoms with Gasteiger partial charge in [0.1, 0.15) is 5.69 Å². The standard InChI is InChI=1S/C27H30N4O5/c1-27(2,36)18-8-9-20-16(12-18)10-11-31(24(20)33)23-7-5-6-19(21(23)15-32)17-13-22(29-26(35)28-3)25(34)30(4)14-17/h5-9,12-14,32,36H,10-11,15H2,1-4H3,(H2,28,29,35). The van der Waals surface area contributed by atoms with Gasteiger partial charge in [-0.05, 0) is 55.2 Å². The lowest BCUT2D eigenvalue weighted by Gasteiger charge is -2.32.